The van der Waals surface area contributed by atoms with Gasteiger partial charge in [0.15, 0.2) is 0 Å². The van der Waals surface area contributed by atoms with Crippen molar-refractivity contribution in [3.8, 4) is 0 Å². The van der Waals surface area contributed by atoms with Crippen LogP contribution in [0.25, 0.3) is 10.9 Å². The van der Waals surface area contributed by atoms with E-state index in [0.29, 0.717) is 38.7 Å². The lowest BCUT2D eigenvalue weighted by Crippen LogP contribution is -2.49. The highest BCUT2D eigenvalue weighted by atomic mass is 16.2. The number of benzene rings is 3. The number of nitrogens with zero attached hydrogens (tertiary/aromatic N) is 4. The van der Waals surface area contributed by atoms with E-state index < -0.39 is 0 Å². The normalized spacial score (nSPS) is 13.9. The summed E-state index contributed by atoms with van der Waals surface area (Å²) >= 11 is 0. The molecule has 0 spiro atoms. The molecule has 0 unspecified atom stereocenters. The van der Waals surface area contributed by atoms with Crippen molar-refractivity contribution in [2.75, 3.05) is 36.4 Å². The van der Waals surface area contributed by atoms with Crippen LogP contribution in [0.15, 0.2) is 84.9 Å². The molecular formula is C26H25N5O. The van der Waals surface area contributed by atoms with Crippen molar-refractivity contribution in [2.45, 2.75) is 6.54 Å². The van der Waals surface area contributed by atoms with Crippen LogP contribution in [0.3, 0.4) is 0 Å². The predicted molar refractivity (Wildman–Crippen MR) is 128 cm³/mol. The Balaban J connectivity index is 1.34. The monoisotopic (exact) mass is 423 g/mol. The van der Waals surface area contributed by atoms with Gasteiger partial charge in [-0.1, -0.05) is 60.7 Å². The summed E-state index contributed by atoms with van der Waals surface area (Å²) in [6, 6.07) is 27.8. The molecule has 6 nitrogen and oxygen atoms in total. The van der Waals surface area contributed by atoms with Gasteiger partial charge in [0.2, 0.25) is 5.95 Å². The second kappa shape index (κ2) is 9.06. The second-order valence-corrected chi connectivity index (χ2v) is 7.87. The van der Waals surface area contributed by atoms with E-state index in [1.165, 1.54) is 5.56 Å². The van der Waals surface area contributed by atoms with Gasteiger partial charge in [-0.3, -0.25) is 4.79 Å². The number of hydrogen-bond donors (Lipinski definition) is 1. The van der Waals surface area contributed by atoms with Crippen LogP contribution in [0.5, 0.6) is 0 Å². The van der Waals surface area contributed by atoms with Crippen molar-refractivity contribution in [1.82, 2.24) is 14.9 Å². The zero-order chi connectivity index (χ0) is 21.8. The maximum atomic E-state index is 12.8. The van der Waals surface area contributed by atoms with Crippen molar-refractivity contribution in [3.05, 3.63) is 96.1 Å². The zero-order valence-electron chi connectivity index (χ0n) is 17.8. The second-order valence-electron chi connectivity index (χ2n) is 7.87. The Kier molecular flexibility index (Phi) is 5.66. The van der Waals surface area contributed by atoms with Gasteiger partial charge < -0.3 is 15.1 Å². The van der Waals surface area contributed by atoms with E-state index in [1.807, 2.05) is 77.7 Å². The zero-order valence-corrected chi connectivity index (χ0v) is 17.8. The van der Waals surface area contributed by atoms with E-state index >= 15 is 0 Å². The first-order chi connectivity index (χ1) is 15.8. The fraction of sp³-hybridized carbons (Fsp3) is 0.192. The molecule has 0 aliphatic carbocycles. The number of amides is 1. The Hall–Kier alpha value is -3.93. The quantitative estimate of drug-likeness (QED) is 0.521. The lowest BCUT2D eigenvalue weighted by Gasteiger charge is -2.35. The molecule has 2 heterocycles. The molecule has 1 N–H and O–H groups in total. The van der Waals surface area contributed by atoms with Crippen molar-refractivity contribution in [1.29, 1.82) is 0 Å². The molecule has 1 aliphatic heterocycles. The summed E-state index contributed by atoms with van der Waals surface area (Å²) in [5, 5.41) is 4.49. The molecule has 0 atom stereocenters. The maximum absolute atomic E-state index is 12.8. The minimum Gasteiger partial charge on any atom is -0.365 e. The highest BCUT2D eigenvalue weighted by Gasteiger charge is 2.24. The average molecular weight is 424 g/mol. The molecule has 5 rings (SSSR count). The SMILES string of the molecule is O=C(c1ccccc1)N1CCN(c2nc(NCc3ccccc3)c3ccccc3n2)CC1. The lowest BCUT2D eigenvalue weighted by atomic mass is 10.2. The predicted octanol–water partition coefficient (Wildman–Crippen LogP) is 4.20. The molecule has 1 fully saturated rings. The van der Waals surface area contributed by atoms with Gasteiger partial charge in [0.25, 0.3) is 5.91 Å². The Bertz CT molecular complexity index is 1200. The van der Waals surface area contributed by atoms with Crippen molar-refractivity contribution < 1.29 is 4.79 Å². The fourth-order valence-corrected chi connectivity index (χ4v) is 4.00. The molecule has 0 bridgehead atoms. The number of piperazine rings is 1. The number of rotatable bonds is 5. The molecule has 0 radical (unpaired) electrons. The molecule has 1 aromatic heterocycles. The minimum atomic E-state index is 0.0786. The molecule has 1 amide bonds. The Morgan fingerprint density at radius 2 is 1.44 bits per heavy atom. The van der Waals surface area contributed by atoms with Gasteiger partial charge in [-0.25, -0.2) is 4.98 Å². The molecule has 1 aliphatic rings. The van der Waals surface area contributed by atoms with Crippen LogP contribution in [0.1, 0.15) is 15.9 Å². The number of para-hydroxylation sites is 1. The van der Waals surface area contributed by atoms with Gasteiger partial charge in [0, 0.05) is 43.7 Å². The van der Waals surface area contributed by atoms with E-state index in [2.05, 4.69) is 22.3 Å². The molecule has 32 heavy (non-hydrogen) atoms. The third-order valence-electron chi connectivity index (χ3n) is 5.76. The van der Waals surface area contributed by atoms with Gasteiger partial charge in [0.1, 0.15) is 5.82 Å². The summed E-state index contributed by atoms with van der Waals surface area (Å²) in [5.74, 6) is 1.61. The van der Waals surface area contributed by atoms with Crippen LogP contribution >= 0.6 is 0 Å². The lowest BCUT2D eigenvalue weighted by molar-refractivity contribution is 0.0746. The number of carbonyl (C=O) groups excluding carboxylic acids is 1. The van der Waals surface area contributed by atoms with Crippen LogP contribution in [-0.2, 0) is 6.54 Å². The Labute approximate surface area is 187 Å². The molecule has 0 saturated carbocycles. The van der Waals surface area contributed by atoms with Gasteiger partial charge in [-0.05, 0) is 29.8 Å². The van der Waals surface area contributed by atoms with Gasteiger partial charge in [0.05, 0.1) is 5.52 Å². The number of aromatic nitrogens is 2. The van der Waals surface area contributed by atoms with Gasteiger partial charge in [-0.2, -0.15) is 4.98 Å². The largest absolute Gasteiger partial charge is 0.365 e. The molecular weight excluding hydrogens is 398 g/mol. The standard InChI is InChI=1S/C26H25N5O/c32-25(21-11-5-2-6-12-21)30-15-17-31(18-16-30)26-28-23-14-8-7-13-22(23)24(29-26)27-19-20-9-3-1-4-10-20/h1-14H,15-19H2,(H,27,28,29). The minimum absolute atomic E-state index is 0.0786. The van der Waals surface area contributed by atoms with Crippen LogP contribution < -0.4 is 10.2 Å². The molecule has 160 valence electrons. The third-order valence-corrected chi connectivity index (χ3v) is 5.76. The van der Waals surface area contributed by atoms with E-state index in [4.69, 9.17) is 9.97 Å². The van der Waals surface area contributed by atoms with Gasteiger partial charge >= 0.3 is 0 Å². The van der Waals surface area contributed by atoms with Crippen LogP contribution in [0, 0.1) is 0 Å². The number of nitrogens with one attached hydrogen (secondary N) is 1. The van der Waals surface area contributed by atoms with Crippen molar-refractivity contribution in [2.24, 2.45) is 0 Å². The summed E-state index contributed by atoms with van der Waals surface area (Å²) in [4.78, 5) is 26.5. The first kappa shape index (κ1) is 20.0. The molecule has 6 heteroatoms. The Morgan fingerprint density at radius 3 is 2.19 bits per heavy atom. The van der Waals surface area contributed by atoms with E-state index in [-0.39, 0.29) is 5.91 Å². The average Bonchev–Trinajstić information content (AvgIpc) is 2.88. The number of carbonyl (C=O) groups is 1. The van der Waals surface area contributed by atoms with Crippen LogP contribution in [0.4, 0.5) is 11.8 Å². The topological polar surface area (TPSA) is 61.4 Å². The maximum Gasteiger partial charge on any atom is 0.253 e. The highest BCUT2D eigenvalue weighted by molar-refractivity contribution is 5.94. The third kappa shape index (κ3) is 4.25. The molecule has 3 aromatic carbocycles. The summed E-state index contributed by atoms with van der Waals surface area (Å²) in [6.07, 6.45) is 0. The first-order valence-corrected chi connectivity index (χ1v) is 10.9. The Morgan fingerprint density at radius 1 is 0.781 bits per heavy atom. The van der Waals surface area contributed by atoms with E-state index in [1.54, 1.807) is 0 Å². The highest BCUT2D eigenvalue weighted by Crippen LogP contribution is 2.25. The molecule has 4 aromatic rings. The summed E-state index contributed by atoms with van der Waals surface area (Å²) in [5.41, 5.74) is 2.84. The van der Waals surface area contributed by atoms with Crippen molar-refractivity contribution >= 4 is 28.6 Å². The van der Waals surface area contributed by atoms with E-state index in [9.17, 15) is 4.79 Å². The van der Waals surface area contributed by atoms with Gasteiger partial charge in [-0.15, -0.1) is 0 Å². The smallest absolute Gasteiger partial charge is 0.253 e. The van der Waals surface area contributed by atoms with E-state index in [0.717, 1.165) is 22.3 Å². The number of anilines is 2. The number of hydrogen-bond acceptors (Lipinski definition) is 5. The first-order valence-electron chi connectivity index (χ1n) is 10.9. The summed E-state index contributed by atoms with van der Waals surface area (Å²) < 4.78 is 0. The molecule has 1 saturated heterocycles. The fourth-order valence-electron chi connectivity index (χ4n) is 4.00. The number of fused-ring (bicyclic) bond motifs is 1. The van der Waals surface area contributed by atoms with Crippen LogP contribution in [-0.4, -0.2) is 47.0 Å². The summed E-state index contributed by atoms with van der Waals surface area (Å²) in [7, 11) is 0. The summed E-state index contributed by atoms with van der Waals surface area (Å²) in [6.45, 7) is 3.40. The van der Waals surface area contributed by atoms with Crippen molar-refractivity contribution in [3.63, 3.8) is 0 Å². The van der Waals surface area contributed by atoms with Crippen LogP contribution in [0.2, 0.25) is 0 Å².